The van der Waals surface area contributed by atoms with Crippen molar-refractivity contribution >= 4 is 17.7 Å². The summed E-state index contributed by atoms with van der Waals surface area (Å²) in [4.78, 5) is 11.4. The lowest BCUT2D eigenvalue weighted by atomic mass is 10.3. The van der Waals surface area contributed by atoms with Gasteiger partial charge in [0.1, 0.15) is 5.76 Å². The normalized spacial score (nSPS) is 10.2. The predicted molar refractivity (Wildman–Crippen MR) is 70.7 cm³/mol. The van der Waals surface area contributed by atoms with E-state index < -0.39 is 0 Å². The van der Waals surface area contributed by atoms with E-state index in [9.17, 15) is 4.79 Å². The van der Waals surface area contributed by atoms with Crippen LogP contribution in [0.3, 0.4) is 0 Å². The minimum absolute atomic E-state index is 0.164. The Hall–Kier alpha value is -2.27. The Kier molecular flexibility index (Phi) is 4.79. The molecule has 0 bridgehead atoms. The smallest absolute Gasteiger partial charge is 0.277 e. The zero-order valence-electron chi connectivity index (χ0n) is 10.8. The highest BCUT2D eigenvalue weighted by atomic mass is 32.2. The Morgan fingerprint density at radius 3 is 3.10 bits per heavy atom. The van der Waals surface area contributed by atoms with Crippen LogP contribution in [0.25, 0.3) is 11.5 Å². The van der Waals surface area contributed by atoms with Crippen LogP contribution in [0.1, 0.15) is 12.2 Å². The summed E-state index contributed by atoms with van der Waals surface area (Å²) in [5, 5.41) is 19.0. The first-order chi connectivity index (χ1) is 9.70. The fourth-order valence-corrected chi connectivity index (χ4v) is 2.01. The highest BCUT2D eigenvalue weighted by Gasteiger charge is 2.14. The summed E-state index contributed by atoms with van der Waals surface area (Å²) in [6.45, 7) is 2.15. The molecule has 8 heteroatoms. The Bertz CT molecular complexity index is 629. The van der Waals surface area contributed by atoms with E-state index in [1.807, 2.05) is 6.07 Å². The molecule has 2 aromatic rings. The average molecular weight is 292 g/mol. The third kappa shape index (κ3) is 3.61. The van der Waals surface area contributed by atoms with Crippen LogP contribution in [0, 0.1) is 18.3 Å². The largest absolute Gasteiger partial charge is 0.469 e. The van der Waals surface area contributed by atoms with Gasteiger partial charge in [0.15, 0.2) is 0 Å². The van der Waals surface area contributed by atoms with Gasteiger partial charge in [0.25, 0.3) is 11.1 Å². The molecule has 7 nitrogen and oxygen atoms in total. The second-order valence-electron chi connectivity index (χ2n) is 3.81. The topological polar surface area (TPSA) is 105 Å². The van der Waals surface area contributed by atoms with Crippen LogP contribution in [0.15, 0.2) is 26.4 Å². The molecular formula is C12H12N4O3S. The molecule has 0 aliphatic rings. The van der Waals surface area contributed by atoms with Crippen LogP contribution in [0.5, 0.6) is 0 Å². The van der Waals surface area contributed by atoms with Crippen molar-refractivity contribution in [1.82, 2.24) is 15.5 Å². The van der Waals surface area contributed by atoms with Crippen molar-refractivity contribution in [3.05, 3.63) is 18.1 Å². The number of thioether (sulfide) groups is 1. The van der Waals surface area contributed by atoms with Gasteiger partial charge in [-0.2, -0.15) is 5.26 Å². The second-order valence-corrected chi connectivity index (χ2v) is 4.74. The van der Waals surface area contributed by atoms with E-state index in [4.69, 9.17) is 14.1 Å². The third-order valence-electron chi connectivity index (χ3n) is 2.38. The number of aryl methyl sites for hydroxylation is 1. The number of nitrogens with one attached hydrogen (secondary N) is 1. The first-order valence-corrected chi connectivity index (χ1v) is 6.83. The van der Waals surface area contributed by atoms with Crippen LogP contribution >= 0.6 is 11.8 Å². The number of nitriles is 1. The maximum Gasteiger partial charge on any atom is 0.277 e. The zero-order chi connectivity index (χ0) is 14.4. The van der Waals surface area contributed by atoms with E-state index in [0.717, 1.165) is 17.3 Å². The van der Waals surface area contributed by atoms with Crippen LogP contribution in [0.4, 0.5) is 0 Å². The van der Waals surface area contributed by atoms with Gasteiger partial charge in [-0.05, 0) is 13.0 Å². The zero-order valence-corrected chi connectivity index (χ0v) is 11.6. The average Bonchev–Trinajstić information content (AvgIpc) is 3.05. The molecule has 0 saturated heterocycles. The van der Waals surface area contributed by atoms with Gasteiger partial charge in [0.2, 0.25) is 5.91 Å². The minimum atomic E-state index is -0.176. The first-order valence-electron chi connectivity index (χ1n) is 5.85. The highest BCUT2D eigenvalue weighted by molar-refractivity contribution is 7.99. The second kappa shape index (κ2) is 6.77. The Labute approximate surface area is 119 Å². The summed E-state index contributed by atoms with van der Waals surface area (Å²) < 4.78 is 10.6. The van der Waals surface area contributed by atoms with Crippen molar-refractivity contribution in [2.75, 3.05) is 12.3 Å². The molecule has 0 unspecified atom stereocenters. The molecule has 0 aliphatic heterocycles. The lowest BCUT2D eigenvalue weighted by Gasteiger charge is -1.99. The maximum absolute atomic E-state index is 11.4. The van der Waals surface area contributed by atoms with Crippen LogP contribution in [0.2, 0.25) is 0 Å². The van der Waals surface area contributed by atoms with Gasteiger partial charge in [-0.25, -0.2) is 0 Å². The summed E-state index contributed by atoms with van der Waals surface area (Å²) in [6.07, 6.45) is 1.84. The molecule has 1 N–H and O–H groups in total. The van der Waals surface area contributed by atoms with Crippen molar-refractivity contribution in [1.29, 1.82) is 5.26 Å². The summed E-state index contributed by atoms with van der Waals surface area (Å²) in [5.74, 6) is 1.05. The molecule has 2 heterocycles. The van der Waals surface area contributed by atoms with Crippen LogP contribution < -0.4 is 5.32 Å². The third-order valence-corrected chi connectivity index (χ3v) is 3.20. The van der Waals surface area contributed by atoms with E-state index in [1.54, 1.807) is 19.3 Å². The number of nitrogens with zero attached hydrogens (tertiary/aromatic N) is 3. The van der Waals surface area contributed by atoms with E-state index in [1.165, 1.54) is 0 Å². The van der Waals surface area contributed by atoms with Gasteiger partial charge in [-0.1, -0.05) is 11.8 Å². The summed E-state index contributed by atoms with van der Waals surface area (Å²) in [7, 11) is 0. The van der Waals surface area contributed by atoms with E-state index in [-0.39, 0.29) is 11.7 Å². The lowest BCUT2D eigenvalue weighted by Crippen LogP contribution is -2.25. The van der Waals surface area contributed by atoms with E-state index >= 15 is 0 Å². The van der Waals surface area contributed by atoms with Crippen LogP contribution in [-0.4, -0.2) is 28.4 Å². The van der Waals surface area contributed by atoms with Crippen molar-refractivity contribution in [2.24, 2.45) is 0 Å². The molecule has 1 amide bonds. The summed E-state index contributed by atoms with van der Waals surface area (Å²) in [5.41, 5.74) is 0.739. The quantitative estimate of drug-likeness (QED) is 0.638. The molecule has 0 fully saturated rings. The number of furan rings is 1. The standard InChI is InChI=1S/C12H12N4O3S/c1-8-9(3-6-18-8)11-15-16-12(19-11)20-7-10(17)14-5-2-4-13/h3,6H,2,5,7H2,1H3,(H,14,17). The summed E-state index contributed by atoms with van der Waals surface area (Å²) >= 11 is 1.14. The molecule has 0 aliphatic carbocycles. The van der Waals surface area contributed by atoms with Gasteiger partial charge in [-0.3, -0.25) is 4.79 Å². The number of carbonyl (C=O) groups is 1. The number of hydrogen-bond acceptors (Lipinski definition) is 7. The number of hydrogen-bond donors (Lipinski definition) is 1. The lowest BCUT2D eigenvalue weighted by molar-refractivity contribution is -0.118. The Morgan fingerprint density at radius 2 is 2.40 bits per heavy atom. The van der Waals surface area contributed by atoms with Gasteiger partial charge < -0.3 is 14.2 Å². The number of aromatic nitrogens is 2. The minimum Gasteiger partial charge on any atom is -0.469 e. The number of rotatable bonds is 6. The molecule has 0 spiro atoms. The predicted octanol–water partition coefficient (Wildman–Crippen LogP) is 1.76. The first kappa shape index (κ1) is 14.1. The number of amides is 1. The molecule has 104 valence electrons. The Balaban J connectivity index is 1.86. The molecule has 20 heavy (non-hydrogen) atoms. The molecule has 0 saturated carbocycles. The summed E-state index contributed by atoms with van der Waals surface area (Å²) in [6, 6.07) is 3.69. The van der Waals surface area contributed by atoms with E-state index in [2.05, 4.69) is 15.5 Å². The molecule has 0 radical (unpaired) electrons. The fraction of sp³-hybridized carbons (Fsp3) is 0.333. The molecule has 2 aromatic heterocycles. The SMILES string of the molecule is Cc1occc1-c1nnc(SCC(=O)NCCC#N)o1. The van der Waals surface area contributed by atoms with Crippen LogP contribution in [-0.2, 0) is 4.79 Å². The highest BCUT2D eigenvalue weighted by Crippen LogP contribution is 2.25. The van der Waals surface area contributed by atoms with Gasteiger partial charge >= 0.3 is 0 Å². The van der Waals surface area contributed by atoms with Crippen molar-refractivity contribution < 1.29 is 13.6 Å². The van der Waals surface area contributed by atoms with E-state index in [0.29, 0.717) is 29.8 Å². The van der Waals surface area contributed by atoms with Crippen molar-refractivity contribution in [3.8, 4) is 17.5 Å². The molecular weight excluding hydrogens is 280 g/mol. The monoisotopic (exact) mass is 292 g/mol. The van der Waals surface area contributed by atoms with Crippen molar-refractivity contribution in [3.63, 3.8) is 0 Å². The maximum atomic E-state index is 11.4. The van der Waals surface area contributed by atoms with Gasteiger partial charge in [0, 0.05) is 6.54 Å². The fourth-order valence-electron chi connectivity index (χ4n) is 1.42. The van der Waals surface area contributed by atoms with Crippen molar-refractivity contribution in [2.45, 2.75) is 18.6 Å². The van der Waals surface area contributed by atoms with Gasteiger partial charge in [0.05, 0.1) is 30.1 Å². The molecule has 0 aromatic carbocycles. The van der Waals surface area contributed by atoms with Gasteiger partial charge in [-0.15, -0.1) is 10.2 Å². The Morgan fingerprint density at radius 1 is 1.55 bits per heavy atom. The molecule has 0 atom stereocenters. The number of carbonyl (C=O) groups excluding carboxylic acids is 1. The molecule has 2 rings (SSSR count).